The van der Waals surface area contributed by atoms with Crippen LogP contribution in [0.15, 0.2) is 29.2 Å². The number of hydrogen-bond donors (Lipinski definition) is 1. The van der Waals surface area contributed by atoms with E-state index in [0.717, 1.165) is 25.0 Å². The van der Waals surface area contributed by atoms with Crippen molar-refractivity contribution in [1.29, 1.82) is 0 Å². The lowest BCUT2D eigenvalue weighted by atomic mass is 9.69. The molecule has 0 saturated heterocycles. The normalized spacial score (nSPS) is 30.6. The molecule has 1 amide bonds. The maximum atomic E-state index is 12.6. The summed E-state index contributed by atoms with van der Waals surface area (Å²) < 4.78 is 48.0. The van der Waals surface area contributed by atoms with Crippen LogP contribution in [0.5, 0.6) is 0 Å². The van der Waals surface area contributed by atoms with Crippen LogP contribution in [0, 0.1) is 16.7 Å². The van der Waals surface area contributed by atoms with E-state index in [1.165, 1.54) is 18.6 Å². The van der Waals surface area contributed by atoms with Gasteiger partial charge < -0.3 is 5.32 Å². The minimum absolute atomic E-state index is 0.0340. The fourth-order valence-electron chi connectivity index (χ4n) is 4.56. The lowest BCUT2D eigenvalue weighted by molar-refractivity contribution is 0.0826. The second kappa shape index (κ2) is 5.76. The Morgan fingerprint density at radius 2 is 1.80 bits per heavy atom. The van der Waals surface area contributed by atoms with E-state index in [-0.39, 0.29) is 28.3 Å². The molecule has 2 aliphatic carbocycles. The van der Waals surface area contributed by atoms with Crippen molar-refractivity contribution >= 4 is 15.7 Å². The summed E-state index contributed by atoms with van der Waals surface area (Å²) in [6, 6.07) is 4.75. The standard InChI is InChI=1S/C18H23F2NO3S/c1-17(2)12-8-9-18(17,3)14(10-12)21-15(22)11-4-6-13(7-5-11)25(23,24)16(19)20/h4-7,12,14,16H,8-10H2,1-3H3,(H,21,22)/t12-,14-,18-/m1/s1. The van der Waals surface area contributed by atoms with Crippen LogP contribution >= 0.6 is 0 Å². The SMILES string of the molecule is CC1(C)[C@@H]2CC[C@]1(C)[C@H](NC(=O)c1ccc(S(=O)(=O)C(F)F)cc1)C2. The molecule has 1 N–H and O–H groups in total. The molecule has 3 rings (SSSR count). The first-order chi connectivity index (χ1) is 11.5. The van der Waals surface area contributed by atoms with Crippen molar-refractivity contribution in [2.24, 2.45) is 16.7 Å². The Morgan fingerprint density at radius 3 is 2.24 bits per heavy atom. The van der Waals surface area contributed by atoms with Crippen molar-refractivity contribution in [3.63, 3.8) is 0 Å². The van der Waals surface area contributed by atoms with Gasteiger partial charge in [0.25, 0.3) is 5.91 Å². The number of halogens is 2. The third kappa shape index (κ3) is 2.67. The van der Waals surface area contributed by atoms with Crippen LogP contribution in [-0.2, 0) is 9.84 Å². The molecule has 1 aromatic rings. The Balaban J connectivity index is 1.75. The Bertz CT molecular complexity index is 789. The molecular formula is C18H23F2NO3S. The zero-order chi connectivity index (χ0) is 18.6. The molecule has 3 atom stereocenters. The molecule has 0 unspecified atom stereocenters. The molecule has 0 spiro atoms. The fourth-order valence-corrected chi connectivity index (χ4v) is 5.28. The van der Waals surface area contributed by atoms with Gasteiger partial charge in [0, 0.05) is 11.6 Å². The van der Waals surface area contributed by atoms with Crippen molar-refractivity contribution < 1.29 is 22.0 Å². The molecule has 0 aromatic heterocycles. The second-order valence-corrected chi connectivity index (χ2v) is 9.88. The monoisotopic (exact) mass is 371 g/mol. The van der Waals surface area contributed by atoms with E-state index in [9.17, 15) is 22.0 Å². The first-order valence-corrected chi connectivity index (χ1v) is 9.98. The van der Waals surface area contributed by atoms with E-state index < -0.39 is 20.5 Å². The zero-order valence-electron chi connectivity index (χ0n) is 14.6. The summed E-state index contributed by atoms with van der Waals surface area (Å²) >= 11 is 0. The van der Waals surface area contributed by atoms with Crippen LogP contribution < -0.4 is 5.32 Å². The number of alkyl halides is 2. The molecule has 138 valence electrons. The summed E-state index contributed by atoms with van der Waals surface area (Å²) in [6.07, 6.45) is 3.18. The van der Waals surface area contributed by atoms with E-state index in [0.29, 0.717) is 5.92 Å². The summed E-state index contributed by atoms with van der Waals surface area (Å²) in [5.41, 5.74) is 0.476. The Kier molecular flexibility index (Phi) is 4.21. The van der Waals surface area contributed by atoms with Crippen LogP contribution in [0.4, 0.5) is 8.78 Å². The number of carbonyl (C=O) groups is 1. The van der Waals surface area contributed by atoms with Gasteiger partial charge in [0.05, 0.1) is 4.90 Å². The lowest BCUT2D eigenvalue weighted by Crippen LogP contribution is -2.46. The third-order valence-electron chi connectivity index (χ3n) is 6.78. The molecule has 0 heterocycles. The molecule has 2 fully saturated rings. The molecule has 7 heteroatoms. The average Bonchev–Trinajstić information content (AvgIpc) is 2.88. The molecular weight excluding hydrogens is 348 g/mol. The van der Waals surface area contributed by atoms with Crippen LogP contribution in [0.1, 0.15) is 50.4 Å². The number of rotatable bonds is 4. The van der Waals surface area contributed by atoms with Crippen molar-refractivity contribution in [2.45, 2.75) is 56.7 Å². The number of hydrogen-bond acceptors (Lipinski definition) is 3. The number of nitrogens with one attached hydrogen (secondary N) is 1. The minimum atomic E-state index is -4.64. The minimum Gasteiger partial charge on any atom is -0.349 e. The highest BCUT2D eigenvalue weighted by molar-refractivity contribution is 7.91. The van der Waals surface area contributed by atoms with Gasteiger partial charge in [0.1, 0.15) is 0 Å². The largest absolute Gasteiger partial charge is 0.349 e. The van der Waals surface area contributed by atoms with E-state index in [2.05, 4.69) is 26.1 Å². The van der Waals surface area contributed by atoms with Crippen molar-refractivity contribution in [1.82, 2.24) is 5.32 Å². The number of benzene rings is 1. The van der Waals surface area contributed by atoms with Gasteiger partial charge in [0.15, 0.2) is 0 Å². The lowest BCUT2D eigenvalue weighted by Gasteiger charge is -2.39. The molecule has 25 heavy (non-hydrogen) atoms. The maximum Gasteiger partial charge on any atom is 0.341 e. The van der Waals surface area contributed by atoms with Crippen molar-refractivity contribution in [3.8, 4) is 0 Å². The highest BCUT2D eigenvalue weighted by Crippen LogP contribution is 2.65. The highest BCUT2D eigenvalue weighted by Gasteiger charge is 2.61. The smallest absolute Gasteiger partial charge is 0.341 e. The van der Waals surface area contributed by atoms with Crippen LogP contribution in [0.2, 0.25) is 0 Å². The number of sulfone groups is 1. The first kappa shape index (κ1) is 18.3. The summed E-state index contributed by atoms with van der Waals surface area (Å²) in [7, 11) is -4.64. The summed E-state index contributed by atoms with van der Waals surface area (Å²) in [5, 5.41) is 3.07. The van der Waals surface area contributed by atoms with Gasteiger partial charge in [-0.2, -0.15) is 8.78 Å². The number of amides is 1. The predicted molar refractivity (Wildman–Crippen MR) is 90.1 cm³/mol. The van der Waals surface area contributed by atoms with Gasteiger partial charge in [-0.05, 0) is 60.3 Å². The Labute approximate surface area is 146 Å². The highest BCUT2D eigenvalue weighted by atomic mass is 32.2. The molecule has 2 bridgehead atoms. The topological polar surface area (TPSA) is 63.2 Å². The van der Waals surface area contributed by atoms with Gasteiger partial charge in [0.2, 0.25) is 9.84 Å². The van der Waals surface area contributed by atoms with Gasteiger partial charge in [-0.3, -0.25) is 4.79 Å². The predicted octanol–water partition coefficient (Wildman–Crippen LogP) is 3.63. The fraction of sp³-hybridized carbons (Fsp3) is 0.611. The van der Waals surface area contributed by atoms with Gasteiger partial charge in [-0.25, -0.2) is 8.42 Å². The summed E-state index contributed by atoms with van der Waals surface area (Å²) in [5.74, 6) is -3.18. The summed E-state index contributed by atoms with van der Waals surface area (Å²) in [6.45, 7) is 6.71. The third-order valence-corrected chi connectivity index (χ3v) is 8.18. The van der Waals surface area contributed by atoms with Crippen LogP contribution in [-0.4, -0.2) is 26.1 Å². The molecule has 0 radical (unpaired) electrons. The molecule has 4 nitrogen and oxygen atoms in total. The number of carbonyl (C=O) groups excluding carboxylic acids is 1. The molecule has 1 aromatic carbocycles. The van der Waals surface area contributed by atoms with Crippen molar-refractivity contribution in [2.75, 3.05) is 0 Å². The maximum absolute atomic E-state index is 12.6. The van der Waals surface area contributed by atoms with E-state index >= 15 is 0 Å². The van der Waals surface area contributed by atoms with Gasteiger partial charge in [-0.1, -0.05) is 20.8 Å². The van der Waals surface area contributed by atoms with Crippen LogP contribution in [0.3, 0.4) is 0 Å². The summed E-state index contributed by atoms with van der Waals surface area (Å²) in [4.78, 5) is 12.0. The van der Waals surface area contributed by atoms with Crippen LogP contribution in [0.25, 0.3) is 0 Å². The molecule has 2 saturated carbocycles. The average molecular weight is 371 g/mol. The quantitative estimate of drug-likeness (QED) is 0.879. The molecule has 2 aliphatic rings. The van der Waals surface area contributed by atoms with Gasteiger partial charge in [-0.15, -0.1) is 0 Å². The number of fused-ring (bicyclic) bond motifs is 2. The zero-order valence-corrected chi connectivity index (χ0v) is 15.4. The van der Waals surface area contributed by atoms with E-state index in [4.69, 9.17) is 0 Å². The first-order valence-electron chi connectivity index (χ1n) is 8.43. The van der Waals surface area contributed by atoms with Crippen molar-refractivity contribution in [3.05, 3.63) is 29.8 Å². The Morgan fingerprint density at radius 1 is 1.20 bits per heavy atom. The van der Waals surface area contributed by atoms with E-state index in [1.54, 1.807) is 0 Å². The van der Waals surface area contributed by atoms with Gasteiger partial charge >= 0.3 is 5.76 Å². The van der Waals surface area contributed by atoms with E-state index in [1.807, 2.05) is 0 Å². The molecule has 0 aliphatic heterocycles. The second-order valence-electron chi connectivity index (χ2n) is 7.97. The Hall–Kier alpha value is -1.50.